The quantitative estimate of drug-likeness (QED) is 0.612. The summed E-state index contributed by atoms with van der Waals surface area (Å²) < 4.78 is 41.9. The number of alkyl halides is 3. The molecule has 1 aliphatic rings. The highest BCUT2D eigenvalue weighted by atomic mass is 32.1. The Bertz CT molecular complexity index is 1150. The molecule has 4 rings (SSSR count). The first kappa shape index (κ1) is 22.2. The molecule has 6 nitrogen and oxygen atoms in total. The number of thiazole rings is 1. The number of nitrogens with zero attached hydrogens (tertiary/aromatic N) is 3. The lowest BCUT2D eigenvalue weighted by Gasteiger charge is -2.37. The molecule has 0 bridgehead atoms. The smallest absolute Gasteiger partial charge is 0.350 e. The van der Waals surface area contributed by atoms with Crippen LogP contribution in [0.15, 0.2) is 53.7 Å². The van der Waals surface area contributed by atoms with Gasteiger partial charge in [-0.3, -0.25) is 19.1 Å². The second-order valence-electron chi connectivity index (χ2n) is 7.85. The normalized spacial score (nSPS) is 16.0. The van der Waals surface area contributed by atoms with Crippen LogP contribution in [0.1, 0.15) is 53.0 Å². The lowest BCUT2D eigenvalue weighted by molar-refractivity contribution is -0.141. The van der Waals surface area contributed by atoms with Crippen LogP contribution >= 0.6 is 11.3 Å². The zero-order valence-corrected chi connectivity index (χ0v) is 17.9. The Morgan fingerprint density at radius 3 is 2.59 bits per heavy atom. The first-order valence-electron chi connectivity index (χ1n) is 10.2. The number of amides is 1. The molecule has 3 aromatic heterocycles. The number of rotatable bonds is 5. The van der Waals surface area contributed by atoms with Crippen LogP contribution in [0.3, 0.4) is 0 Å². The van der Waals surface area contributed by atoms with Crippen molar-refractivity contribution in [1.29, 1.82) is 0 Å². The van der Waals surface area contributed by atoms with E-state index in [1.807, 2.05) is 12.1 Å². The molecule has 32 heavy (non-hydrogen) atoms. The van der Waals surface area contributed by atoms with Gasteiger partial charge in [-0.15, -0.1) is 0 Å². The second-order valence-corrected chi connectivity index (χ2v) is 8.82. The number of nitrogens with one attached hydrogen (secondary N) is 1. The number of aromatic nitrogens is 3. The molecule has 3 heterocycles. The van der Waals surface area contributed by atoms with E-state index in [1.54, 1.807) is 12.4 Å². The Labute approximate surface area is 186 Å². The molecule has 10 heteroatoms. The summed E-state index contributed by atoms with van der Waals surface area (Å²) in [5.74, 6) is -0.848. The molecule has 0 saturated heterocycles. The van der Waals surface area contributed by atoms with E-state index in [0.717, 1.165) is 42.2 Å². The second kappa shape index (κ2) is 8.85. The van der Waals surface area contributed by atoms with E-state index in [1.165, 1.54) is 24.4 Å². The van der Waals surface area contributed by atoms with Crippen LogP contribution in [0.4, 0.5) is 13.2 Å². The molecule has 1 saturated carbocycles. The van der Waals surface area contributed by atoms with E-state index in [4.69, 9.17) is 0 Å². The largest absolute Gasteiger partial charge is 0.435 e. The molecule has 0 atom stereocenters. The molecule has 0 spiro atoms. The highest BCUT2D eigenvalue weighted by molar-refractivity contribution is 7.16. The van der Waals surface area contributed by atoms with Gasteiger partial charge in [-0.05, 0) is 30.5 Å². The molecule has 0 aromatic carbocycles. The maximum absolute atomic E-state index is 13.6. The van der Waals surface area contributed by atoms with Crippen LogP contribution in [0.25, 0.3) is 5.13 Å². The molecule has 0 aliphatic heterocycles. The summed E-state index contributed by atoms with van der Waals surface area (Å²) in [5, 5.41) is 2.52. The first-order chi connectivity index (χ1) is 15.3. The summed E-state index contributed by atoms with van der Waals surface area (Å²) >= 11 is 0.551. The van der Waals surface area contributed by atoms with Crippen molar-refractivity contribution in [3.63, 3.8) is 0 Å². The van der Waals surface area contributed by atoms with Gasteiger partial charge in [0.2, 0.25) is 0 Å². The molecule has 3 aromatic rings. The van der Waals surface area contributed by atoms with Crippen molar-refractivity contribution in [1.82, 2.24) is 19.9 Å². The number of carbonyl (C=O) groups excluding carboxylic acids is 1. The average Bonchev–Trinajstić information content (AvgIpc) is 3.25. The lowest BCUT2D eigenvalue weighted by atomic mass is 9.70. The predicted octanol–water partition coefficient (Wildman–Crippen LogP) is 4.34. The minimum absolute atomic E-state index is 0.201. The topological polar surface area (TPSA) is 76.9 Å². The van der Waals surface area contributed by atoms with Crippen LogP contribution in [0.2, 0.25) is 0 Å². The molecule has 168 valence electrons. The molecule has 0 radical (unpaired) electrons. The van der Waals surface area contributed by atoms with Crippen LogP contribution < -0.4 is 10.9 Å². The monoisotopic (exact) mass is 462 g/mol. The van der Waals surface area contributed by atoms with Crippen molar-refractivity contribution in [2.75, 3.05) is 6.54 Å². The predicted molar refractivity (Wildman–Crippen MR) is 114 cm³/mol. The molecule has 1 fully saturated rings. The van der Waals surface area contributed by atoms with E-state index in [-0.39, 0.29) is 17.1 Å². The maximum Gasteiger partial charge on any atom is 0.435 e. The highest BCUT2D eigenvalue weighted by Crippen LogP contribution is 2.39. The summed E-state index contributed by atoms with van der Waals surface area (Å²) in [7, 11) is 0. The van der Waals surface area contributed by atoms with Crippen LogP contribution in [0, 0.1) is 0 Å². The Morgan fingerprint density at radius 2 is 1.94 bits per heavy atom. The summed E-state index contributed by atoms with van der Waals surface area (Å²) in [6.07, 6.45) is 4.58. The summed E-state index contributed by atoms with van der Waals surface area (Å²) in [6.45, 7) is 0.202. The van der Waals surface area contributed by atoms with Crippen LogP contribution in [0.5, 0.6) is 0 Å². The Kier molecular flexibility index (Phi) is 6.14. The fourth-order valence-corrected chi connectivity index (χ4v) is 5.14. The zero-order chi connectivity index (χ0) is 22.8. The Morgan fingerprint density at radius 1 is 1.16 bits per heavy atom. The number of halogens is 3. The van der Waals surface area contributed by atoms with Gasteiger partial charge in [-0.1, -0.05) is 42.7 Å². The molecular weight excluding hydrogens is 441 g/mol. The van der Waals surface area contributed by atoms with E-state index in [0.29, 0.717) is 11.3 Å². The highest BCUT2D eigenvalue weighted by Gasteiger charge is 2.41. The van der Waals surface area contributed by atoms with Crippen molar-refractivity contribution in [2.24, 2.45) is 0 Å². The molecule has 1 aliphatic carbocycles. The van der Waals surface area contributed by atoms with Gasteiger partial charge >= 0.3 is 6.18 Å². The number of carbonyl (C=O) groups is 1. The van der Waals surface area contributed by atoms with E-state index in [9.17, 15) is 22.8 Å². The van der Waals surface area contributed by atoms with Gasteiger partial charge in [0.1, 0.15) is 4.88 Å². The van der Waals surface area contributed by atoms with E-state index >= 15 is 0 Å². The first-order valence-corrected chi connectivity index (χ1v) is 11.1. The molecule has 1 N–H and O–H groups in total. The number of hydrogen-bond acceptors (Lipinski definition) is 5. The van der Waals surface area contributed by atoms with Crippen molar-refractivity contribution in [3.05, 3.63) is 75.4 Å². The van der Waals surface area contributed by atoms with Crippen molar-refractivity contribution < 1.29 is 18.0 Å². The van der Waals surface area contributed by atoms with E-state index < -0.39 is 28.2 Å². The third kappa shape index (κ3) is 4.45. The zero-order valence-electron chi connectivity index (χ0n) is 17.1. The van der Waals surface area contributed by atoms with Gasteiger partial charge in [0, 0.05) is 36.6 Å². The van der Waals surface area contributed by atoms with Gasteiger partial charge in [-0.25, -0.2) is 4.98 Å². The fourth-order valence-electron chi connectivity index (χ4n) is 4.15. The van der Waals surface area contributed by atoms with Gasteiger partial charge < -0.3 is 5.32 Å². The fraction of sp³-hybridized carbons (Fsp3) is 0.364. The Hall–Kier alpha value is -3.01. The summed E-state index contributed by atoms with van der Waals surface area (Å²) in [6, 6.07) is 7.97. The van der Waals surface area contributed by atoms with E-state index in [2.05, 4.69) is 15.3 Å². The summed E-state index contributed by atoms with van der Waals surface area (Å²) in [4.78, 5) is 32.2. The minimum atomic E-state index is -4.83. The van der Waals surface area contributed by atoms with Gasteiger partial charge in [0.05, 0.1) is 0 Å². The van der Waals surface area contributed by atoms with Crippen molar-refractivity contribution in [3.8, 4) is 5.13 Å². The number of pyridine rings is 2. The molecular formula is C22H21F3N4O2S. The lowest BCUT2D eigenvalue weighted by Crippen LogP contribution is -2.42. The average molecular weight is 462 g/mol. The third-order valence-electron chi connectivity index (χ3n) is 5.79. The molecule has 0 unspecified atom stereocenters. The number of hydrogen-bond donors (Lipinski definition) is 1. The Balaban J connectivity index is 1.64. The van der Waals surface area contributed by atoms with Crippen molar-refractivity contribution >= 4 is 17.2 Å². The van der Waals surface area contributed by atoms with Crippen LogP contribution in [-0.4, -0.2) is 27.0 Å². The standard InChI is InChI=1S/C22H21F3N4O2S/c23-22(24,25)18-17(32-20(28-18)29-12-5-2-8-16(29)30)19(31)27-14-21(9-3-1-4-10-21)15-7-6-11-26-13-15/h2,5-8,11-13H,1,3-4,9-10,14H2,(H,27,31). The van der Waals surface area contributed by atoms with Gasteiger partial charge in [0.15, 0.2) is 10.8 Å². The molecule has 1 amide bonds. The summed E-state index contributed by atoms with van der Waals surface area (Å²) in [5.41, 5.74) is -1.22. The SMILES string of the molecule is O=C(NCC1(c2cccnc2)CCCCC1)c1sc(-n2ccccc2=O)nc1C(F)(F)F. The van der Waals surface area contributed by atoms with Crippen molar-refractivity contribution in [2.45, 2.75) is 43.7 Å². The van der Waals surface area contributed by atoms with Crippen LogP contribution in [-0.2, 0) is 11.6 Å². The minimum Gasteiger partial charge on any atom is -0.350 e. The van der Waals surface area contributed by atoms with Gasteiger partial charge in [-0.2, -0.15) is 13.2 Å². The third-order valence-corrected chi connectivity index (χ3v) is 6.84. The van der Waals surface area contributed by atoms with Gasteiger partial charge in [0.25, 0.3) is 11.5 Å². The maximum atomic E-state index is 13.6.